The van der Waals surface area contributed by atoms with Crippen molar-refractivity contribution in [1.82, 2.24) is 14.8 Å². The third kappa shape index (κ3) is 3.61. The van der Waals surface area contributed by atoms with Crippen LogP contribution in [0.15, 0.2) is 29.4 Å². The lowest BCUT2D eigenvalue weighted by molar-refractivity contribution is 0.0993. The molecule has 6 nitrogen and oxygen atoms in total. The molecule has 0 amide bonds. The van der Waals surface area contributed by atoms with Crippen molar-refractivity contribution in [2.45, 2.75) is 36.2 Å². The number of aromatic nitrogens is 3. The van der Waals surface area contributed by atoms with Gasteiger partial charge in [-0.15, -0.1) is 10.2 Å². The van der Waals surface area contributed by atoms with Crippen LogP contribution in [0.5, 0.6) is 0 Å². The Balaban J connectivity index is 1.53. The van der Waals surface area contributed by atoms with Crippen LogP contribution in [0.1, 0.15) is 36.2 Å². The number of ketones is 1. The molecule has 1 aromatic heterocycles. The molecule has 0 bridgehead atoms. The van der Waals surface area contributed by atoms with Crippen LogP contribution >= 0.6 is 11.8 Å². The van der Waals surface area contributed by atoms with E-state index in [0.29, 0.717) is 24.8 Å². The van der Waals surface area contributed by atoms with Crippen molar-refractivity contribution in [2.24, 2.45) is 0 Å². The van der Waals surface area contributed by atoms with Gasteiger partial charge in [0.1, 0.15) is 5.82 Å². The second kappa shape index (κ2) is 7.36. The number of carbonyl (C=O) groups excluding carboxylic acids is 1. The van der Waals surface area contributed by atoms with E-state index >= 15 is 0 Å². The fourth-order valence-electron chi connectivity index (χ4n) is 3.04. The Kier molecular flexibility index (Phi) is 4.95. The molecule has 1 aromatic carbocycles. The minimum Gasteiger partial charge on any atom is -0.378 e. The molecule has 1 saturated carbocycles. The summed E-state index contributed by atoms with van der Waals surface area (Å²) in [5, 5.41) is 9.22. The fraction of sp³-hybridized carbons (Fsp3) is 0.500. The van der Waals surface area contributed by atoms with E-state index in [2.05, 4.69) is 19.7 Å². The second-order valence-corrected chi connectivity index (χ2v) is 7.92. The predicted molar refractivity (Wildman–Crippen MR) is 97.4 cm³/mol. The topological polar surface area (TPSA) is 60.2 Å². The summed E-state index contributed by atoms with van der Waals surface area (Å²) in [6.45, 7) is 4.86. The molecule has 26 heavy (non-hydrogen) atoms. The minimum absolute atomic E-state index is 0.0340. The van der Waals surface area contributed by atoms with E-state index in [1.807, 2.05) is 6.92 Å². The lowest BCUT2D eigenvalue weighted by Gasteiger charge is -2.28. The van der Waals surface area contributed by atoms with Crippen molar-refractivity contribution >= 4 is 23.5 Å². The normalized spacial score (nSPS) is 18.8. The van der Waals surface area contributed by atoms with E-state index in [0.717, 1.165) is 37.0 Å². The minimum atomic E-state index is -0.342. The molecule has 2 heterocycles. The SMILES string of the molecule is CC(Sc1nnc(N2CCOCC2)n1C1CC1)C(=O)c1ccc(F)cc1. The summed E-state index contributed by atoms with van der Waals surface area (Å²) in [5.41, 5.74) is 0.511. The van der Waals surface area contributed by atoms with Gasteiger partial charge >= 0.3 is 0 Å². The quantitative estimate of drug-likeness (QED) is 0.571. The van der Waals surface area contributed by atoms with Crippen molar-refractivity contribution in [3.8, 4) is 0 Å². The van der Waals surface area contributed by atoms with E-state index in [4.69, 9.17) is 4.74 Å². The number of rotatable bonds is 6. The molecule has 138 valence electrons. The molecule has 8 heteroatoms. The molecule has 2 aromatic rings. The van der Waals surface area contributed by atoms with Crippen LogP contribution in [0, 0.1) is 5.82 Å². The van der Waals surface area contributed by atoms with Gasteiger partial charge in [0.15, 0.2) is 10.9 Å². The number of hydrogen-bond acceptors (Lipinski definition) is 6. The summed E-state index contributed by atoms with van der Waals surface area (Å²) in [5.74, 6) is 0.499. The van der Waals surface area contributed by atoms with Gasteiger partial charge in [0.05, 0.1) is 18.5 Å². The fourth-order valence-corrected chi connectivity index (χ4v) is 4.03. The van der Waals surface area contributed by atoms with Gasteiger partial charge in [0.2, 0.25) is 5.95 Å². The summed E-state index contributed by atoms with van der Waals surface area (Å²) in [6, 6.07) is 6.10. The third-order valence-corrected chi connectivity index (χ3v) is 5.69. The Labute approximate surface area is 155 Å². The molecule has 2 aliphatic rings. The average molecular weight is 376 g/mol. The Morgan fingerprint density at radius 3 is 2.58 bits per heavy atom. The molecular formula is C18H21FN4O2S. The highest BCUT2D eigenvalue weighted by Gasteiger charge is 2.33. The highest BCUT2D eigenvalue weighted by molar-refractivity contribution is 8.00. The second-order valence-electron chi connectivity index (χ2n) is 6.61. The van der Waals surface area contributed by atoms with Gasteiger partial charge in [-0.2, -0.15) is 0 Å². The Bertz CT molecular complexity index is 785. The monoisotopic (exact) mass is 376 g/mol. The van der Waals surface area contributed by atoms with Gasteiger partial charge < -0.3 is 9.64 Å². The molecule has 0 N–H and O–H groups in total. The van der Waals surface area contributed by atoms with E-state index in [9.17, 15) is 9.18 Å². The highest BCUT2D eigenvalue weighted by atomic mass is 32.2. The number of anilines is 1. The molecule has 1 saturated heterocycles. The van der Waals surface area contributed by atoms with Crippen molar-refractivity contribution in [1.29, 1.82) is 0 Å². The number of ether oxygens (including phenoxy) is 1. The summed E-state index contributed by atoms with van der Waals surface area (Å²) in [4.78, 5) is 14.8. The van der Waals surface area contributed by atoms with Gasteiger partial charge in [-0.1, -0.05) is 11.8 Å². The van der Waals surface area contributed by atoms with Crippen LogP contribution in [0.2, 0.25) is 0 Å². The number of morpholine rings is 1. The lowest BCUT2D eigenvalue weighted by Crippen LogP contribution is -2.38. The summed E-state index contributed by atoms with van der Waals surface area (Å²) >= 11 is 1.42. The molecule has 1 aliphatic carbocycles. The maximum atomic E-state index is 13.1. The van der Waals surface area contributed by atoms with E-state index < -0.39 is 0 Å². The largest absolute Gasteiger partial charge is 0.378 e. The van der Waals surface area contributed by atoms with Crippen molar-refractivity contribution in [3.05, 3.63) is 35.6 Å². The first-order valence-corrected chi connectivity index (χ1v) is 9.75. The zero-order chi connectivity index (χ0) is 18.1. The van der Waals surface area contributed by atoms with Crippen LogP contribution < -0.4 is 4.90 Å². The summed E-state index contributed by atoms with van der Waals surface area (Å²) in [6.07, 6.45) is 2.23. The smallest absolute Gasteiger partial charge is 0.228 e. The molecule has 2 fully saturated rings. The van der Waals surface area contributed by atoms with Crippen molar-refractivity contribution in [3.63, 3.8) is 0 Å². The number of halogens is 1. The van der Waals surface area contributed by atoms with Crippen LogP contribution in [0.25, 0.3) is 0 Å². The molecule has 0 spiro atoms. The van der Waals surface area contributed by atoms with Crippen molar-refractivity contribution < 1.29 is 13.9 Å². The molecule has 4 rings (SSSR count). The lowest BCUT2D eigenvalue weighted by atomic mass is 10.1. The number of Topliss-reactive ketones (excluding diaryl/α,β-unsaturated/α-hetero) is 1. The zero-order valence-corrected chi connectivity index (χ0v) is 15.4. The molecular weight excluding hydrogens is 355 g/mol. The first kappa shape index (κ1) is 17.5. The molecule has 1 atom stereocenters. The summed E-state index contributed by atoms with van der Waals surface area (Å²) in [7, 11) is 0. The Morgan fingerprint density at radius 1 is 1.23 bits per heavy atom. The van der Waals surface area contributed by atoms with Crippen molar-refractivity contribution in [2.75, 3.05) is 31.2 Å². The Hall–Kier alpha value is -1.93. The van der Waals surface area contributed by atoms with Crippen LogP contribution in [0.4, 0.5) is 10.3 Å². The van der Waals surface area contributed by atoms with E-state index in [-0.39, 0.29) is 16.9 Å². The molecule has 0 radical (unpaired) electrons. The third-order valence-electron chi connectivity index (χ3n) is 4.63. The van der Waals surface area contributed by atoms with Crippen LogP contribution in [-0.2, 0) is 4.74 Å². The molecule has 1 unspecified atom stereocenters. The van der Waals surface area contributed by atoms with Crippen LogP contribution in [0.3, 0.4) is 0 Å². The van der Waals surface area contributed by atoms with E-state index in [1.165, 1.54) is 36.0 Å². The Morgan fingerprint density at radius 2 is 1.92 bits per heavy atom. The summed E-state index contributed by atoms with van der Waals surface area (Å²) < 4.78 is 20.7. The maximum Gasteiger partial charge on any atom is 0.228 e. The number of hydrogen-bond donors (Lipinski definition) is 0. The average Bonchev–Trinajstić information content (AvgIpc) is 3.42. The van der Waals surface area contributed by atoms with Gasteiger partial charge in [0.25, 0.3) is 0 Å². The van der Waals surface area contributed by atoms with Gasteiger partial charge in [-0.25, -0.2) is 4.39 Å². The first-order valence-electron chi connectivity index (χ1n) is 8.87. The van der Waals surface area contributed by atoms with E-state index in [1.54, 1.807) is 0 Å². The first-order chi connectivity index (χ1) is 12.6. The highest BCUT2D eigenvalue weighted by Crippen LogP contribution is 2.41. The molecule has 1 aliphatic heterocycles. The maximum absolute atomic E-state index is 13.1. The van der Waals surface area contributed by atoms with Crippen LogP contribution in [-0.4, -0.2) is 52.1 Å². The number of thioether (sulfide) groups is 1. The predicted octanol–water partition coefficient (Wildman–Crippen LogP) is 2.95. The number of carbonyl (C=O) groups is 1. The number of benzene rings is 1. The zero-order valence-electron chi connectivity index (χ0n) is 14.6. The van der Waals surface area contributed by atoms with Gasteiger partial charge in [0, 0.05) is 24.7 Å². The standard InChI is InChI=1S/C18H21FN4O2S/c1-12(16(24)13-2-4-14(19)5-3-13)26-18-21-20-17(23(18)15-6-7-15)22-8-10-25-11-9-22/h2-5,12,15H,6-11H2,1H3. The van der Waals surface area contributed by atoms with Gasteiger partial charge in [-0.05, 0) is 44.0 Å². The number of nitrogens with zero attached hydrogens (tertiary/aromatic N) is 4. The van der Waals surface area contributed by atoms with Gasteiger partial charge in [-0.3, -0.25) is 9.36 Å².